The maximum absolute atomic E-state index is 13.2. The zero-order valence-corrected chi connectivity index (χ0v) is 23.6. The minimum Gasteiger partial charge on any atom is -0.345 e. The van der Waals surface area contributed by atoms with Crippen molar-refractivity contribution in [3.63, 3.8) is 0 Å². The minimum absolute atomic E-state index is 0.221. The van der Waals surface area contributed by atoms with Gasteiger partial charge < -0.3 is 15.1 Å². The van der Waals surface area contributed by atoms with Crippen LogP contribution < -0.4 is 10.2 Å². The molecule has 0 spiro atoms. The Morgan fingerprint density at radius 2 is 1.65 bits per heavy atom. The largest absolute Gasteiger partial charge is 0.345 e. The van der Waals surface area contributed by atoms with Crippen LogP contribution in [-0.4, -0.2) is 74.8 Å². The van der Waals surface area contributed by atoms with Crippen LogP contribution in [0.2, 0.25) is 0 Å². The Morgan fingerprint density at radius 1 is 1.00 bits per heavy atom. The number of likely N-dealkylation sites (N-methyl/N-ethyl adjacent to an activating group) is 1. The average Bonchev–Trinajstić information content (AvgIpc) is 3.32. The van der Waals surface area contributed by atoms with E-state index in [1.54, 1.807) is 27.8 Å². The molecule has 0 saturated carbocycles. The molecule has 1 aliphatic rings. The van der Waals surface area contributed by atoms with Crippen LogP contribution in [0.1, 0.15) is 49.9 Å². The Morgan fingerprint density at radius 3 is 2.27 bits per heavy atom. The first-order valence-corrected chi connectivity index (χ1v) is 15.3. The maximum Gasteiger partial charge on any atom is 0.255 e. The predicted molar refractivity (Wildman–Crippen MR) is 152 cm³/mol. The Bertz CT molecular complexity index is 1290. The van der Waals surface area contributed by atoms with Gasteiger partial charge in [0.05, 0.1) is 15.1 Å². The number of nitrogens with one attached hydrogen (secondary N) is 1. The van der Waals surface area contributed by atoms with Gasteiger partial charge in [-0.3, -0.25) is 4.79 Å². The molecule has 1 aromatic heterocycles. The first-order valence-electron chi connectivity index (χ1n) is 13.1. The van der Waals surface area contributed by atoms with Gasteiger partial charge in [-0.25, -0.2) is 13.4 Å². The van der Waals surface area contributed by atoms with E-state index in [4.69, 9.17) is 4.98 Å². The van der Waals surface area contributed by atoms with Crippen LogP contribution in [0.3, 0.4) is 0 Å². The fourth-order valence-electron chi connectivity index (χ4n) is 4.27. The molecule has 37 heavy (non-hydrogen) atoms. The van der Waals surface area contributed by atoms with Crippen molar-refractivity contribution in [3.05, 3.63) is 48.0 Å². The predicted octanol–water partition coefficient (Wildman–Crippen LogP) is 4.89. The van der Waals surface area contributed by atoms with E-state index in [1.165, 1.54) is 12.1 Å². The third-order valence-electron chi connectivity index (χ3n) is 6.69. The molecule has 3 aromatic rings. The first kappa shape index (κ1) is 27.5. The molecule has 1 amide bonds. The van der Waals surface area contributed by atoms with Crippen molar-refractivity contribution in [2.24, 2.45) is 0 Å². The molecule has 0 aliphatic carbocycles. The normalized spacial score (nSPS) is 15.0. The summed E-state index contributed by atoms with van der Waals surface area (Å²) in [4.78, 5) is 22.5. The van der Waals surface area contributed by atoms with Crippen LogP contribution in [0.15, 0.2) is 47.4 Å². The Labute approximate surface area is 224 Å². The number of piperazine rings is 1. The van der Waals surface area contributed by atoms with Crippen LogP contribution in [-0.2, 0) is 10.0 Å². The van der Waals surface area contributed by atoms with Crippen LogP contribution >= 0.6 is 11.3 Å². The summed E-state index contributed by atoms with van der Waals surface area (Å²) in [6.45, 7) is 9.09. The van der Waals surface area contributed by atoms with Crippen molar-refractivity contribution < 1.29 is 13.2 Å². The monoisotopic (exact) mass is 543 g/mol. The lowest BCUT2D eigenvalue weighted by Crippen LogP contribution is -2.44. The fraction of sp³-hybridized carbons (Fsp3) is 0.481. The number of benzene rings is 2. The van der Waals surface area contributed by atoms with Crippen molar-refractivity contribution in [1.29, 1.82) is 0 Å². The third-order valence-corrected chi connectivity index (χ3v) is 9.68. The minimum atomic E-state index is -3.59. The van der Waals surface area contributed by atoms with Gasteiger partial charge in [-0.2, -0.15) is 4.31 Å². The van der Waals surface area contributed by atoms with Crippen LogP contribution in [0.4, 0.5) is 10.8 Å². The second-order valence-corrected chi connectivity index (χ2v) is 12.5. The number of rotatable bonds is 11. The highest BCUT2D eigenvalue weighted by Gasteiger charge is 2.24. The lowest BCUT2D eigenvalue weighted by Gasteiger charge is -2.31. The third kappa shape index (κ3) is 6.67. The number of aromatic nitrogens is 1. The van der Waals surface area contributed by atoms with E-state index in [1.807, 2.05) is 18.2 Å². The molecule has 1 saturated heterocycles. The number of hydrogen-bond acceptors (Lipinski definition) is 7. The van der Waals surface area contributed by atoms with Crippen LogP contribution in [0.5, 0.6) is 0 Å². The van der Waals surface area contributed by atoms with E-state index < -0.39 is 10.0 Å². The van der Waals surface area contributed by atoms with Crippen molar-refractivity contribution in [1.82, 2.24) is 14.2 Å². The Balaban J connectivity index is 1.44. The Hall–Kier alpha value is -2.53. The van der Waals surface area contributed by atoms with E-state index in [0.29, 0.717) is 24.3 Å². The molecule has 8 nitrogen and oxygen atoms in total. The van der Waals surface area contributed by atoms with Gasteiger partial charge >= 0.3 is 0 Å². The molecule has 2 aromatic carbocycles. The summed E-state index contributed by atoms with van der Waals surface area (Å²) in [5.41, 5.74) is 2.02. The summed E-state index contributed by atoms with van der Waals surface area (Å²) in [5.74, 6) is -0.277. The number of unbranched alkanes of at least 4 members (excludes halogenated alkanes) is 2. The molecule has 0 radical (unpaired) electrons. The molecule has 1 N–H and O–H groups in total. The number of nitrogens with zero attached hydrogens (tertiary/aromatic N) is 4. The van der Waals surface area contributed by atoms with E-state index in [9.17, 15) is 13.2 Å². The van der Waals surface area contributed by atoms with E-state index >= 15 is 0 Å². The van der Waals surface area contributed by atoms with Crippen molar-refractivity contribution >= 4 is 48.3 Å². The zero-order valence-electron chi connectivity index (χ0n) is 21.9. The fourth-order valence-corrected chi connectivity index (χ4v) is 6.85. The molecule has 1 fully saturated rings. The van der Waals surface area contributed by atoms with Gasteiger partial charge in [0.15, 0.2) is 5.13 Å². The molecule has 0 atom stereocenters. The lowest BCUT2D eigenvalue weighted by molar-refractivity contribution is 0.102. The molecular weight excluding hydrogens is 506 g/mol. The quantitative estimate of drug-likeness (QED) is 0.371. The molecule has 10 heteroatoms. The smallest absolute Gasteiger partial charge is 0.255 e. The standard InChI is InChI=1S/C27H37N5O3S2/c1-4-6-14-32(15-7-5-2)37(34,35)23-11-8-21(9-12-23)26(33)28-22-10-13-24-25(20-22)36-27(29-24)31-18-16-30(3)17-19-31/h8-13,20H,4-7,14-19H2,1-3H3,(H,28,33). The summed E-state index contributed by atoms with van der Waals surface area (Å²) in [7, 11) is -1.46. The SMILES string of the molecule is CCCCN(CCCC)S(=O)(=O)c1ccc(C(=O)Nc2ccc3nc(N4CCN(C)CC4)sc3c2)cc1. The molecule has 2 heterocycles. The van der Waals surface area contributed by atoms with Gasteiger partial charge in [0.25, 0.3) is 5.91 Å². The van der Waals surface area contributed by atoms with Crippen LogP contribution in [0.25, 0.3) is 10.2 Å². The van der Waals surface area contributed by atoms with Crippen molar-refractivity contribution in [2.45, 2.75) is 44.4 Å². The van der Waals surface area contributed by atoms with Gasteiger partial charge in [-0.15, -0.1) is 0 Å². The highest BCUT2D eigenvalue weighted by molar-refractivity contribution is 7.89. The summed E-state index contributed by atoms with van der Waals surface area (Å²) in [6, 6.07) is 12.0. The Kier molecular flexibility index (Phi) is 9.17. The van der Waals surface area contributed by atoms with Gasteiger partial charge in [0.1, 0.15) is 0 Å². The van der Waals surface area contributed by atoms with E-state index in [2.05, 4.69) is 36.0 Å². The van der Waals surface area contributed by atoms with Gasteiger partial charge in [0.2, 0.25) is 10.0 Å². The molecular formula is C27H37N5O3S2. The summed E-state index contributed by atoms with van der Waals surface area (Å²) in [6.07, 6.45) is 3.51. The number of thiazole rings is 1. The van der Waals surface area contributed by atoms with Crippen molar-refractivity contribution in [2.75, 3.05) is 56.5 Å². The summed E-state index contributed by atoms with van der Waals surface area (Å²) < 4.78 is 29.0. The number of carbonyl (C=O) groups excluding carboxylic acids is 1. The highest BCUT2D eigenvalue weighted by Crippen LogP contribution is 2.31. The number of anilines is 2. The molecule has 0 bridgehead atoms. The molecule has 200 valence electrons. The first-order chi connectivity index (χ1) is 17.8. The van der Waals surface area contributed by atoms with Crippen LogP contribution in [0, 0.1) is 0 Å². The number of hydrogen-bond donors (Lipinski definition) is 1. The second kappa shape index (κ2) is 12.3. The highest BCUT2D eigenvalue weighted by atomic mass is 32.2. The summed E-state index contributed by atoms with van der Waals surface area (Å²) >= 11 is 1.63. The van der Waals surface area contributed by atoms with Gasteiger partial charge in [-0.1, -0.05) is 38.0 Å². The number of carbonyl (C=O) groups is 1. The van der Waals surface area contributed by atoms with E-state index in [-0.39, 0.29) is 10.8 Å². The lowest BCUT2D eigenvalue weighted by atomic mass is 10.2. The maximum atomic E-state index is 13.2. The van der Waals surface area contributed by atoms with Gasteiger partial charge in [0, 0.05) is 50.5 Å². The second-order valence-electron chi connectivity index (χ2n) is 9.56. The number of amides is 1. The van der Waals surface area contributed by atoms with E-state index in [0.717, 1.165) is 67.2 Å². The van der Waals surface area contributed by atoms with Gasteiger partial charge in [-0.05, 0) is 62.4 Å². The average molecular weight is 544 g/mol. The van der Waals surface area contributed by atoms with Crippen molar-refractivity contribution in [3.8, 4) is 0 Å². The molecule has 4 rings (SSSR count). The number of sulfonamides is 1. The summed E-state index contributed by atoms with van der Waals surface area (Å²) in [5, 5.41) is 3.95. The topological polar surface area (TPSA) is 85.8 Å². The zero-order chi connectivity index (χ0) is 26.4. The molecule has 0 unspecified atom stereocenters. The number of fused-ring (bicyclic) bond motifs is 1. The molecule has 1 aliphatic heterocycles.